The van der Waals surface area contributed by atoms with Crippen molar-refractivity contribution in [2.75, 3.05) is 12.0 Å². The first-order valence-corrected chi connectivity index (χ1v) is 12.0. The number of para-hydroxylation sites is 2. The number of benzene rings is 1. The molecule has 0 atom stereocenters. The second kappa shape index (κ2) is 11.5. The van der Waals surface area contributed by atoms with Crippen molar-refractivity contribution in [3.63, 3.8) is 0 Å². The molecule has 0 radical (unpaired) electrons. The number of thiazole rings is 1. The highest BCUT2D eigenvalue weighted by molar-refractivity contribution is 7.14. The van der Waals surface area contributed by atoms with E-state index < -0.39 is 5.97 Å². The molecule has 0 fully saturated rings. The number of hydrogen-bond acceptors (Lipinski definition) is 7. The van der Waals surface area contributed by atoms with Crippen LogP contribution in [0.3, 0.4) is 0 Å². The van der Waals surface area contributed by atoms with Crippen molar-refractivity contribution in [2.45, 2.75) is 47.3 Å². The number of aromatic nitrogens is 2. The van der Waals surface area contributed by atoms with E-state index in [2.05, 4.69) is 16.5 Å². The van der Waals surface area contributed by atoms with Gasteiger partial charge in [-0.3, -0.25) is 9.69 Å². The molecule has 1 aromatic carbocycles. The molecule has 0 saturated heterocycles. The normalized spacial score (nSPS) is 11.1. The average Bonchev–Trinajstić information content (AvgIpc) is 3.41. The lowest BCUT2D eigenvalue weighted by Gasteiger charge is -2.20. The molecule has 2 aromatic heterocycles. The van der Waals surface area contributed by atoms with Crippen LogP contribution in [0.25, 0.3) is 6.08 Å². The van der Waals surface area contributed by atoms with Crippen LogP contribution in [0.4, 0.5) is 10.8 Å². The molecule has 0 aliphatic carbocycles. The molecular weight excluding hydrogens is 464 g/mol. The molecule has 182 valence electrons. The first kappa shape index (κ1) is 25.7. The van der Waals surface area contributed by atoms with Crippen LogP contribution in [0.1, 0.15) is 42.9 Å². The molecule has 3 rings (SSSR count). The minimum absolute atomic E-state index is 0.0865. The topological polar surface area (TPSA) is 97.5 Å². The molecule has 2 heterocycles. The molecule has 0 aliphatic heterocycles. The molecule has 3 aromatic rings. The Labute approximate surface area is 209 Å². The van der Waals surface area contributed by atoms with Gasteiger partial charge in [-0.2, -0.15) is 5.26 Å². The zero-order valence-electron chi connectivity index (χ0n) is 20.5. The number of aryl methyl sites for hydroxylation is 1. The highest BCUT2D eigenvalue weighted by atomic mass is 32.1. The lowest BCUT2D eigenvalue weighted by Crippen LogP contribution is -2.23. The molecule has 8 nitrogen and oxygen atoms in total. The van der Waals surface area contributed by atoms with Gasteiger partial charge in [0.2, 0.25) is 5.91 Å². The van der Waals surface area contributed by atoms with Gasteiger partial charge in [0.15, 0.2) is 5.13 Å². The van der Waals surface area contributed by atoms with Gasteiger partial charge < -0.3 is 14.0 Å². The van der Waals surface area contributed by atoms with Gasteiger partial charge in [-0.05, 0) is 50.1 Å². The summed E-state index contributed by atoms with van der Waals surface area (Å²) in [6.07, 6.45) is 2.54. The second-order valence-corrected chi connectivity index (χ2v) is 8.71. The van der Waals surface area contributed by atoms with E-state index in [9.17, 15) is 14.9 Å². The van der Waals surface area contributed by atoms with Gasteiger partial charge in [0.1, 0.15) is 24.0 Å². The summed E-state index contributed by atoms with van der Waals surface area (Å²) in [5, 5.41) is 11.7. The first-order valence-electron chi connectivity index (χ1n) is 11.1. The Morgan fingerprint density at radius 2 is 2.03 bits per heavy atom. The van der Waals surface area contributed by atoms with Gasteiger partial charge in [-0.25, -0.2) is 9.78 Å². The summed E-state index contributed by atoms with van der Waals surface area (Å²) in [6.45, 7) is 8.25. The highest BCUT2D eigenvalue weighted by Crippen LogP contribution is 2.35. The van der Waals surface area contributed by atoms with E-state index >= 15 is 0 Å². The first-order chi connectivity index (χ1) is 16.8. The van der Waals surface area contributed by atoms with Crippen molar-refractivity contribution in [1.29, 1.82) is 5.26 Å². The van der Waals surface area contributed by atoms with Crippen molar-refractivity contribution in [2.24, 2.45) is 0 Å². The monoisotopic (exact) mass is 492 g/mol. The largest absolute Gasteiger partial charge is 0.495 e. The third-order valence-electron chi connectivity index (χ3n) is 5.42. The maximum atomic E-state index is 12.6. The number of amides is 1. The Bertz CT molecular complexity index is 1300. The molecule has 0 aliphatic rings. The fraction of sp³-hybridized carbons (Fsp3) is 0.308. The predicted octanol–water partition coefficient (Wildman–Crippen LogP) is 5.32. The van der Waals surface area contributed by atoms with E-state index in [-0.39, 0.29) is 18.1 Å². The maximum absolute atomic E-state index is 12.6. The fourth-order valence-electron chi connectivity index (χ4n) is 3.74. The van der Waals surface area contributed by atoms with Crippen LogP contribution in [0, 0.1) is 25.2 Å². The Morgan fingerprint density at radius 1 is 1.29 bits per heavy atom. The quantitative estimate of drug-likeness (QED) is 0.228. The Hall–Kier alpha value is -3.90. The molecule has 35 heavy (non-hydrogen) atoms. The van der Waals surface area contributed by atoms with E-state index in [1.807, 2.05) is 32.0 Å². The van der Waals surface area contributed by atoms with Gasteiger partial charge in [0.25, 0.3) is 0 Å². The fourth-order valence-corrected chi connectivity index (χ4v) is 4.60. The Kier molecular flexibility index (Phi) is 8.44. The van der Waals surface area contributed by atoms with E-state index in [4.69, 9.17) is 9.47 Å². The molecule has 1 amide bonds. The van der Waals surface area contributed by atoms with Crippen LogP contribution < -0.4 is 9.64 Å². The molecule has 0 N–H and O–H groups in total. The summed E-state index contributed by atoms with van der Waals surface area (Å²) < 4.78 is 12.9. The zero-order valence-corrected chi connectivity index (χ0v) is 21.3. The molecule has 0 bridgehead atoms. The van der Waals surface area contributed by atoms with Gasteiger partial charge in [-0.15, -0.1) is 11.3 Å². The number of rotatable bonds is 9. The van der Waals surface area contributed by atoms with Crippen LogP contribution in [0.2, 0.25) is 0 Å². The van der Waals surface area contributed by atoms with E-state index in [0.717, 1.165) is 29.9 Å². The highest BCUT2D eigenvalue weighted by Gasteiger charge is 2.22. The van der Waals surface area contributed by atoms with Crippen molar-refractivity contribution in [3.05, 3.63) is 63.9 Å². The smallest absolute Gasteiger partial charge is 0.349 e. The number of carbonyl (C=O) groups excluding carboxylic acids is 2. The second-order valence-electron chi connectivity index (χ2n) is 7.87. The summed E-state index contributed by atoms with van der Waals surface area (Å²) in [7, 11) is 1.53. The zero-order chi connectivity index (χ0) is 25.5. The summed E-state index contributed by atoms with van der Waals surface area (Å²) in [6, 6.07) is 11.0. The van der Waals surface area contributed by atoms with Crippen molar-refractivity contribution in [1.82, 2.24) is 9.55 Å². The Balaban J connectivity index is 1.76. The number of methoxy groups -OCH3 is 1. The third-order valence-corrected chi connectivity index (χ3v) is 6.30. The Morgan fingerprint density at radius 3 is 2.69 bits per heavy atom. The molecule has 0 unspecified atom stereocenters. The number of hydrogen-bond donors (Lipinski definition) is 0. The SMILES string of the molecule is CCCn1c(C)cc(/C=C(\C#N)C(=O)OCc2csc(N(C(C)=O)c3ccccc3OC)n2)c1C. The standard InChI is InChI=1S/C26H28N4O4S/c1-6-11-29-17(2)12-20(18(29)3)13-21(14-27)25(32)34-15-22-16-35-26(28-22)30(19(4)31)23-9-7-8-10-24(23)33-5/h7-10,12-13,16H,6,11,15H2,1-5H3/b21-13+. The lowest BCUT2D eigenvalue weighted by molar-refractivity contribution is -0.139. The van der Waals surface area contributed by atoms with Gasteiger partial charge in [0.05, 0.1) is 18.5 Å². The van der Waals surface area contributed by atoms with Crippen LogP contribution in [0.5, 0.6) is 5.75 Å². The average molecular weight is 493 g/mol. The molecule has 0 saturated carbocycles. The number of nitrogens with zero attached hydrogens (tertiary/aromatic N) is 4. The minimum Gasteiger partial charge on any atom is -0.495 e. The molecule has 0 spiro atoms. The predicted molar refractivity (Wildman–Crippen MR) is 136 cm³/mol. The number of ether oxygens (including phenoxy) is 2. The number of carbonyl (C=O) groups is 2. The van der Waals surface area contributed by atoms with E-state index in [0.29, 0.717) is 22.3 Å². The molecule has 9 heteroatoms. The summed E-state index contributed by atoms with van der Waals surface area (Å²) in [4.78, 5) is 30.9. The number of nitriles is 1. The van der Waals surface area contributed by atoms with Crippen molar-refractivity contribution < 1.29 is 19.1 Å². The van der Waals surface area contributed by atoms with E-state index in [1.165, 1.54) is 30.3 Å². The van der Waals surface area contributed by atoms with Gasteiger partial charge >= 0.3 is 5.97 Å². The number of anilines is 2. The van der Waals surface area contributed by atoms with Crippen molar-refractivity contribution in [3.8, 4) is 11.8 Å². The minimum atomic E-state index is -0.726. The summed E-state index contributed by atoms with van der Waals surface area (Å²) in [5.41, 5.74) is 3.83. The lowest BCUT2D eigenvalue weighted by atomic mass is 10.1. The van der Waals surface area contributed by atoms with Crippen LogP contribution >= 0.6 is 11.3 Å². The van der Waals surface area contributed by atoms with Gasteiger partial charge in [0, 0.05) is 30.2 Å². The van der Waals surface area contributed by atoms with Crippen LogP contribution in [-0.4, -0.2) is 28.5 Å². The number of esters is 1. The summed E-state index contributed by atoms with van der Waals surface area (Å²) >= 11 is 1.24. The third kappa shape index (κ3) is 5.78. The van der Waals surface area contributed by atoms with Crippen LogP contribution in [-0.2, 0) is 27.5 Å². The summed E-state index contributed by atoms with van der Waals surface area (Å²) in [5.74, 6) is -0.425. The van der Waals surface area contributed by atoms with Crippen molar-refractivity contribution >= 4 is 40.1 Å². The molecular formula is C26H28N4O4S. The van der Waals surface area contributed by atoms with Crippen LogP contribution in [0.15, 0.2) is 41.3 Å². The maximum Gasteiger partial charge on any atom is 0.349 e. The van der Waals surface area contributed by atoms with Gasteiger partial charge in [-0.1, -0.05) is 19.1 Å². The van der Waals surface area contributed by atoms with E-state index in [1.54, 1.807) is 29.7 Å².